The molecule has 0 saturated carbocycles. The lowest BCUT2D eigenvalue weighted by Gasteiger charge is -2.19. The van der Waals surface area contributed by atoms with Crippen molar-refractivity contribution in [2.45, 2.75) is 26.3 Å². The minimum atomic E-state index is 0.0396. The smallest absolute Gasteiger partial charge is 0.0641 e. The molecule has 0 aliphatic rings. The van der Waals surface area contributed by atoms with E-state index in [2.05, 4.69) is 22.9 Å². The zero-order chi connectivity index (χ0) is 12.7. The summed E-state index contributed by atoms with van der Waals surface area (Å²) in [5.74, 6) is 0. The molecule has 4 heteroatoms. The second-order valence-electron chi connectivity index (χ2n) is 4.07. The SMILES string of the molecule is CCOCCN(C)c1ccc([C@@H](N)CC)nc1. The molecule has 2 N–H and O–H groups in total. The van der Waals surface area contributed by atoms with Gasteiger partial charge in [-0.2, -0.15) is 0 Å². The van der Waals surface area contributed by atoms with E-state index in [1.54, 1.807) is 0 Å². The van der Waals surface area contributed by atoms with Crippen molar-refractivity contribution in [3.05, 3.63) is 24.0 Å². The van der Waals surface area contributed by atoms with Crippen molar-refractivity contribution in [3.8, 4) is 0 Å². The summed E-state index contributed by atoms with van der Waals surface area (Å²) in [6.07, 6.45) is 2.78. The van der Waals surface area contributed by atoms with Crippen molar-refractivity contribution in [1.29, 1.82) is 0 Å². The van der Waals surface area contributed by atoms with Crippen LogP contribution in [0.3, 0.4) is 0 Å². The number of anilines is 1. The number of ether oxygens (including phenoxy) is 1. The van der Waals surface area contributed by atoms with Gasteiger partial charge >= 0.3 is 0 Å². The van der Waals surface area contributed by atoms with Crippen molar-refractivity contribution < 1.29 is 4.74 Å². The number of aromatic nitrogens is 1. The fraction of sp³-hybridized carbons (Fsp3) is 0.615. The molecule has 96 valence electrons. The second-order valence-corrected chi connectivity index (χ2v) is 4.07. The Labute approximate surface area is 104 Å². The van der Waals surface area contributed by atoms with Gasteiger partial charge in [0, 0.05) is 26.2 Å². The molecular formula is C13H23N3O. The lowest BCUT2D eigenvalue weighted by molar-refractivity contribution is 0.154. The number of nitrogens with two attached hydrogens (primary N) is 1. The van der Waals surface area contributed by atoms with E-state index < -0.39 is 0 Å². The Bertz CT molecular complexity index is 313. The van der Waals surface area contributed by atoms with Gasteiger partial charge in [0.05, 0.1) is 24.2 Å². The van der Waals surface area contributed by atoms with Crippen LogP contribution in [0.2, 0.25) is 0 Å². The van der Waals surface area contributed by atoms with Gasteiger partial charge in [-0.05, 0) is 25.5 Å². The van der Waals surface area contributed by atoms with Crippen molar-refractivity contribution in [3.63, 3.8) is 0 Å². The molecule has 0 spiro atoms. The van der Waals surface area contributed by atoms with Gasteiger partial charge < -0.3 is 15.4 Å². The molecule has 0 unspecified atom stereocenters. The van der Waals surface area contributed by atoms with Crippen LogP contribution in [0.15, 0.2) is 18.3 Å². The molecule has 17 heavy (non-hydrogen) atoms. The predicted molar refractivity (Wildman–Crippen MR) is 71.2 cm³/mol. The van der Waals surface area contributed by atoms with Crippen molar-refractivity contribution in [2.75, 3.05) is 31.7 Å². The standard InChI is InChI=1S/C13H23N3O/c1-4-12(14)13-7-6-11(10-15-13)16(3)8-9-17-5-2/h6-7,10,12H,4-5,8-9,14H2,1-3H3/t12-/m0/s1. The number of pyridine rings is 1. The van der Waals surface area contributed by atoms with E-state index in [1.165, 1.54) is 0 Å². The second kappa shape index (κ2) is 7.25. The largest absolute Gasteiger partial charge is 0.380 e. The molecule has 0 radical (unpaired) electrons. The maximum Gasteiger partial charge on any atom is 0.0641 e. The molecule has 0 aliphatic heterocycles. The average molecular weight is 237 g/mol. The van der Waals surface area contributed by atoms with E-state index in [0.29, 0.717) is 0 Å². The fourth-order valence-corrected chi connectivity index (χ4v) is 1.53. The van der Waals surface area contributed by atoms with E-state index in [1.807, 2.05) is 26.2 Å². The lowest BCUT2D eigenvalue weighted by atomic mass is 10.1. The van der Waals surface area contributed by atoms with Gasteiger partial charge in [-0.25, -0.2) is 0 Å². The Kier molecular flexibility index (Phi) is 5.94. The van der Waals surface area contributed by atoms with E-state index in [-0.39, 0.29) is 6.04 Å². The summed E-state index contributed by atoms with van der Waals surface area (Å²) in [7, 11) is 2.04. The van der Waals surface area contributed by atoms with Crippen LogP contribution < -0.4 is 10.6 Å². The van der Waals surface area contributed by atoms with Crippen molar-refractivity contribution in [1.82, 2.24) is 4.98 Å². The van der Waals surface area contributed by atoms with Gasteiger partial charge in [0.1, 0.15) is 0 Å². The lowest BCUT2D eigenvalue weighted by Crippen LogP contribution is -2.23. The molecule has 1 aromatic rings. The summed E-state index contributed by atoms with van der Waals surface area (Å²) in [6, 6.07) is 4.10. The summed E-state index contributed by atoms with van der Waals surface area (Å²) in [5, 5.41) is 0. The highest BCUT2D eigenvalue weighted by atomic mass is 16.5. The number of likely N-dealkylation sites (N-methyl/N-ethyl adjacent to an activating group) is 1. The van der Waals surface area contributed by atoms with Gasteiger partial charge in [0.15, 0.2) is 0 Å². The Morgan fingerprint density at radius 2 is 2.18 bits per heavy atom. The van der Waals surface area contributed by atoms with Crippen LogP contribution in [0.1, 0.15) is 32.0 Å². The van der Waals surface area contributed by atoms with Crippen LogP contribution in [-0.2, 0) is 4.74 Å². The molecule has 0 fully saturated rings. The topological polar surface area (TPSA) is 51.4 Å². The molecule has 0 aromatic carbocycles. The van der Waals surface area contributed by atoms with Crippen LogP contribution >= 0.6 is 0 Å². The summed E-state index contributed by atoms with van der Waals surface area (Å²) >= 11 is 0. The molecular weight excluding hydrogens is 214 g/mol. The Morgan fingerprint density at radius 1 is 1.41 bits per heavy atom. The maximum absolute atomic E-state index is 5.92. The molecule has 0 bridgehead atoms. The zero-order valence-electron chi connectivity index (χ0n) is 11.0. The van der Waals surface area contributed by atoms with E-state index in [9.17, 15) is 0 Å². The first-order valence-electron chi connectivity index (χ1n) is 6.19. The number of hydrogen-bond donors (Lipinski definition) is 1. The first-order chi connectivity index (χ1) is 8.19. The van der Waals surface area contributed by atoms with Gasteiger partial charge in [-0.1, -0.05) is 6.92 Å². The van der Waals surface area contributed by atoms with Crippen LogP contribution in [0, 0.1) is 0 Å². The third-order valence-corrected chi connectivity index (χ3v) is 2.81. The molecule has 1 rings (SSSR count). The molecule has 0 aliphatic carbocycles. The van der Waals surface area contributed by atoms with E-state index >= 15 is 0 Å². The summed E-state index contributed by atoms with van der Waals surface area (Å²) in [5.41, 5.74) is 7.97. The minimum Gasteiger partial charge on any atom is -0.380 e. The predicted octanol–water partition coefficient (Wildman–Crippen LogP) is 1.96. The molecule has 1 heterocycles. The summed E-state index contributed by atoms with van der Waals surface area (Å²) in [4.78, 5) is 6.52. The molecule has 0 amide bonds. The highest BCUT2D eigenvalue weighted by Crippen LogP contribution is 2.15. The third-order valence-electron chi connectivity index (χ3n) is 2.81. The number of hydrogen-bond acceptors (Lipinski definition) is 4. The maximum atomic E-state index is 5.92. The van der Waals surface area contributed by atoms with Gasteiger partial charge in [0.2, 0.25) is 0 Å². The monoisotopic (exact) mass is 237 g/mol. The van der Waals surface area contributed by atoms with Crippen LogP contribution in [0.4, 0.5) is 5.69 Å². The van der Waals surface area contributed by atoms with E-state index in [0.717, 1.165) is 37.6 Å². The highest BCUT2D eigenvalue weighted by Gasteiger charge is 2.06. The zero-order valence-corrected chi connectivity index (χ0v) is 11.0. The molecule has 4 nitrogen and oxygen atoms in total. The van der Waals surface area contributed by atoms with Gasteiger partial charge in [0.25, 0.3) is 0 Å². The van der Waals surface area contributed by atoms with Crippen LogP contribution in [-0.4, -0.2) is 31.8 Å². The van der Waals surface area contributed by atoms with Crippen LogP contribution in [0.25, 0.3) is 0 Å². The Morgan fingerprint density at radius 3 is 2.71 bits per heavy atom. The van der Waals surface area contributed by atoms with Crippen LogP contribution in [0.5, 0.6) is 0 Å². The molecule has 1 aromatic heterocycles. The Hall–Kier alpha value is -1.13. The molecule has 0 saturated heterocycles. The van der Waals surface area contributed by atoms with Gasteiger partial charge in [-0.15, -0.1) is 0 Å². The van der Waals surface area contributed by atoms with Gasteiger partial charge in [-0.3, -0.25) is 4.98 Å². The minimum absolute atomic E-state index is 0.0396. The highest BCUT2D eigenvalue weighted by molar-refractivity contribution is 5.43. The quantitative estimate of drug-likeness (QED) is 0.737. The summed E-state index contributed by atoms with van der Waals surface area (Å²) < 4.78 is 5.32. The Balaban J connectivity index is 2.54. The molecule has 1 atom stereocenters. The first-order valence-corrected chi connectivity index (χ1v) is 6.19. The number of nitrogens with zero attached hydrogens (tertiary/aromatic N) is 2. The summed E-state index contributed by atoms with van der Waals surface area (Å²) in [6.45, 7) is 6.44. The normalized spacial score (nSPS) is 12.5. The van der Waals surface area contributed by atoms with Crippen molar-refractivity contribution >= 4 is 5.69 Å². The van der Waals surface area contributed by atoms with E-state index in [4.69, 9.17) is 10.5 Å². The van der Waals surface area contributed by atoms with Crippen molar-refractivity contribution in [2.24, 2.45) is 5.73 Å². The average Bonchev–Trinajstić information content (AvgIpc) is 2.38. The first kappa shape index (κ1) is 13.9. The fourth-order valence-electron chi connectivity index (χ4n) is 1.53. The third kappa shape index (κ3) is 4.32. The number of rotatable bonds is 7.